The lowest BCUT2D eigenvalue weighted by Gasteiger charge is -2.23. The van der Waals surface area contributed by atoms with Crippen molar-refractivity contribution in [3.63, 3.8) is 0 Å². The summed E-state index contributed by atoms with van der Waals surface area (Å²) in [5.74, 6) is -0.412. The van der Waals surface area contributed by atoms with Crippen molar-refractivity contribution in [1.82, 2.24) is 4.31 Å². The summed E-state index contributed by atoms with van der Waals surface area (Å²) in [7, 11) is 1.54. The van der Waals surface area contributed by atoms with E-state index < -0.39 is 17.5 Å². The van der Waals surface area contributed by atoms with Gasteiger partial charge in [-0.25, -0.2) is 0 Å². The average Bonchev–Trinajstić information content (AvgIpc) is 3.11. The van der Waals surface area contributed by atoms with Crippen LogP contribution in [-0.4, -0.2) is 27.5 Å². The van der Waals surface area contributed by atoms with Gasteiger partial charge in [0.2, 0.25) is 11.5 Å². The van der Waals surface area contributed by atoms with Gasteiger partial charge in [0.05, 0.1) is 23.6 Å². The number of thiophene rings is 1. The Kier molecular flexibility index (Phi) is 4.66. The van der Waals surface area contributed by atoms with Gasteiger partial charge in [-0.15, -0.1) is 11.3 Å². The third-order valence-electron chi connectivity index (χ3n) is 3.28. The van der Waals surface area contributed by atoms with Crippen LogP contribution in [0.2, 0.25) is 0 Å². The number of likely N-dealkylation sites (N-methyl/N-ethyl adjacent to an activating group) is 1. The van der Waals surface area contributed by atoms with Crippen LogP contribution in [0.3, 0.4) is 0 Å². The molecule has 1 aliphatic rings. The fourth-order valence-corrected chi connectivity index (χ4v) is 3.58. The highest BCUT2D eigenvalue weighted by atomic mass is 32.2. The number of allylic oxidation sites excluding steroid dienone is 1. The van der Waals surface area contributed by atoms with Crippen molar-refractivity contribution in [3.05, 3.63) is 64.0 Å². The van der Waals surface area contributed by atoms with E-state index in [1.165, 1.54) is 15.6 Å². The van der Waals surface area contributed by atoms with Gasteiger partial charge in [0.15, 0.2) is 5.70 Å². The number of nitrogens with zero attached hydrogens (tertiary/aromatic N) is 3. The van der Waals surface area contributed by atoms with Crippen LogP contribution < -0.4 is 5.32 Å². The number of amides is 1. The van der Waals surface area contributed by atoms with Crippen molar-refractivity contribution in [2.45, 2.75) is 0 Å². The maximum Gasteiger partial charge on any atom is 0.276 e. The van der Waals surface area contributed by atoms with E-state index in [-0.39, 0.29) is 5.70 Å². The van der Waals surface area contributed by atoms with Gasteiger partial charge in [0, 0.05) is 11.8 Å². The van der Waals surface area contributed by atoms with E-state index in [0.29, 0.717) is 17.0 Å². The molecule has 0 saturated heterocycles. The van der Waals surface area contributed by atoms with Crippen LogP contribution in [0, 0.1) is 11.3 Å². The lowest BCUT2D eigenvalue weighted by atomic mass is 10.2. The minimum absolute atomic E-state index is 0.245. The number of nitriles is 1. The number of anilines is 1. The van der Waals surface area contributed by atoms with Gasteiger partial charge < -0.3 is 9.87 Å². The zero-order chi connectivity index (χ0) is 17.1. The number of hydrogen-bond acceptors (Lipinski definition) is 6. The predicted octanol–water partition coefficient (Wildman–Crippen LogP) is 2.46. The first-order valence-corrected chi connectivity index (χ1v) is 8.84. The standard InChI is InChI=1S/C16H12N4O2S2/c1-20-14(9-13(19-24(20)22)15-6-3-7-23-15)16(21)18-12-5-2-4-11(8-12)10-17/h2-9H,1H3,(H,18,21). The molecule has 1 aromatic heterocycles. The van der Waals surface area contributed by atoms with Gasteiger partial charge in [0.25, 0.3) is 5.91 Å². The molecule has 6 nitrogen and oxygen atoms in total. The normalized spacial score (nSPS) is 16.9. The summed E-state index contributed by atoms with van der Waals surface area (Å²) in [6, 6.07) is 12.3. The quantitative estimate of drug-likeness (QED) is 0.855. The molecule has 1 unspecified atom stereocenters. The molecule has 3 rings (SSSR count). The van der Waals surface area contributed by atoms with Gasteiger partial charge in [-0.2, -0.15) is 9.57 Å². The monoisotopic (exact) mass is 356 g/mol. The largest absolute Gasteiger partial charge is 0.566 e. The first-order chi connectivity index (χ1) is 11.6. The molecular weight excluding hydrogens is 344 g/mol. The van der Waals surface area contributed by atoms with E-state index in [0.717, 1.165) is 4.88 Å². The molecule has 0 bridgehead atoms. The van der Waals surface area contributed by atoms with E-state index in [4.69, 9.17) is 5.26 Å². The van der Waals surface area contributed by atoms with Crippen LogP contribution in [0.4, 0.5) is 5.69 Å². The summed E-state index contributed by atoms with van der Waals surface area (Å²) < 4.78 is 17.6. The molecule has 0 aliphatic carbocycles. The van der Waals surface area contributed by atoms with Crippen molar-refractivity contribution in [2.75, 3.05) is 12.4 Å². The Morgan fingerprint density at radius 3 is 2.96 bits per heavy atom. The fourth-order valence-electron chi connectivity index (χ4n) is 2.09. The van der Waals surface area contributed by atoms with Crippen molar-refractivity contribution < 1.29 is 9.35 Å². The van der Waals surface area contributed by atoms with Gasteiger partial charge in [-0.05, 0) is 34.0 Å². The molecule has 0 radical (unpaired) electrons. The van der Waals surface area contributed by atoms with E-state index in [1.54, 1.807) is 37.4 Å². The number of carbonyl (C=O) groups is 1. The molecular formula is C16H12N4O2S2. The van der Waals surface area contributed by atoms with Crippen LogP contribution in [0.1, 0.15) is 10.4 Å². The Labute approximate surface area is 146 Å². The maximum absolute atomic E-state index is 12.5. The molecule has 2 heterocycles. The molecule has 8 heteroatoms. The third kappa shape index (κ3) is 3.33. The van der Waals surface area contributed by atoms with Crippen molar-refractivity contribution >= 4 is 40.2 Å². The van der Waals surface area contributed by atoms with E-state index in [9.17, 15) is 9.35 Å². The second kappa shape index (κ2) is 6.88. The van der Waals surface area contributed by atoms with Gasteiger partial charge >= 0.3 is 0 Å². The molecule has 2 aromatic rings. The number of rotatable bonds is 3. The van der Waals surface area contributed by atoms with Crippen LogP contribution in [0.15, 0.2) is 57.9 Å². The molecule has 1 N–H and O–H groups in total. The fraction of sp³-hybridized carbons (Fsp3) is 0.0625. The summed E-state index contributed by atoms with van der Waals surface area (Å²) in [6.07, 6.45) is 1.61. The highest BCUT2D eigenvalue weighted by Gasteiger charge is 2.30. The molecule has 1 atom stereocenters. The van der Waals surface area contributed by atoms with Crippen LogP contribution >= 0.6 is 11.3 Å². The maximum atomic E-state index is 12.5. The minimum atomic E-state index is -1.67. The van der Waals surface area contributed by atoms with E-state index in [1.807, 2.05) is 23.6 Å². The lowest BCUT2D eigenvalue weighted by Crippen LogP contribution is -2.35. The van der Waals surface area contributed by atoms with Crippen LogP contribution in [-0.2, 0) is 16.3 Å². The smallest absolute Gasteiger partial charge is 0.276 e. The molecule has 120 valence electrons. The summed E-state index contributed by atoms with van der Waals surface area (Å²) >= 11 is -0.209. The SMILES string of the molecule is CN1C(C(=O)Nc2cccc(C#N)c2)=CC(c2cccs2)=N[S+]1[O-]. The minimum Gasteiger partial charge on any atom is -0.566 e. The summed E-state index contributed by atoms with van der Waals surface area (Å²) in [4.78, 5) is 13.4. The van der Waals surface area contributed by atoms with Crippen molar-refractivity contribution in [2.24, 2.45) is 4.40 Å². The Balaban J connectivity index is 1.87. The first kappa shape index (κ1) is 16.3. The summed E-state index contributed by atoms with van der Waals surface area (Å²) in [6.45, 7) is 0. The highest BCUT2D eigenvalue weighted by molar-refractivity contribution is 7.88. The molecule has 0 fully saturated rings. The number of carbonyl (C=O) groups excluding carboxylic acids is 1. The second-order valence-corrected chi connectivity index (χ2v) is 7.00. The Hall–Kier alpha value is -2.60. The van der Waals surface area contributed by atoms with Gasteiger partial charge in [-0.3, -0.25) is 4.79 Å². The van der Waals surface area contributed by atoms with Crippen molar-refractivity contribution in [1.29, 1.82) is 5.26 Å². The predicted molar refractivity (Wildman–Crippen MR) is 94.6 cm³/mol. The molecule has 24 heavy (non-hydrogen) atoms. The third-order valence-corrected chi connectivity index (χ3v) is 5.19. The van der Waals surface area contributed by atoms with Crippen LogP contribution in [0.5, 0.6) is 0 Å². The average molecular weight is 356 g/mol. The number of nitrogens with one attached hydrogen (secondary N) is 1. The molecule has 0 spiro atoms. The number of benzene rings is 1. The summed E-state index contributed by atoms with van der Waals surface area (Å²) in [5.41, 5.74) is 1.70. The van der Waals surface area contributed by atoms with Crippen LogP contribution in [0.25, 0.3) is 0 Å². The first-order valence-electron chi connectivity index (χ1n) is 6.90. The molecule has 0 saturated carbocycles. The van der Waals surface area contributed by atoms with E-state index in [2.05, 4.69) is 9.71 Å². The molecule has 1 aliphatic heterocycles. The Morgan fingerprint density at radius 1 is 1.42 bits per heavy atom. The zero-order valence-corrected chi connectivity index (χ0v) is 14.2. The second-order valence-electron chi connectivity index (χ2n) is 4.86. The molecule has 1 aromatic carbocycles. The Bertz CT molecular complexity index is 868. The van der Waals surface area contributed by atoms with Gasteiger partial charge in [0.1, 0.15) is 5.71 Å². The lowest BCUT2D eigenvalue weighted by molar-refractivity contribution is -0.113. The Morgan fingerprint density at radius 2 is 2.25 bits per heavy atom. The molecule has 1 amide bonds. The topological polar surface area (TPSA) is 91.6 Å². The zero-order valence-electron chi connectivity index (χ0n) is 12.6. The van der Waals surface area contributed by atoms with Crippen molar-refractivity contribution in [3.8, 4) is 6.07 Å². The van der Waals surface area contributed by atoms with Gasteiger partial charge in [-0.1, -0.05) is 12.1 Å². The summed E-state index contributed by atoms with van der Waals surface area (Å²) in [5, 5.41) is 13.5. The highest BCUT2D eigenvalue weighted by Crippen LogP contribution is 2.23. The van der Waals surface area contributed by atoms with E-state index >= 15 is 0 Å². The number of hydrogen-bond donors (Lipinski definition) is 1.